The molecule has 0 saturated carbocycles. The molecule has 101 heavy (non-hydrogen) atoms. The van der Waals surface area contributed by atoms with Gasteiger partial charge in [-0.15, -0.1) is 0 Å². The first-order valence-corrected chi connectivity index (χ1v) is 36.8. The summed E-state index contributed by atoms with van der Waals surface area (Å²) in [5.74, 6) is -15.0. The molecule has 574 valence electrons. The van der Waals surface area contributed by atoms with E-state index >= 15 is 0 Å². The maximum absolute atomic E-state index is 14.2. The van der Waals surface area contributed by atoms with Crippen molar-refractivity contribution >= 4 is 118 Å². The third kappa shape index (κ3) is 35.0. The number of aliphatic hydroxyl groups is 2. The number of aliphatic hydroxyl groups excluding tert-OH is 2. The molecule has 1 fully saturated rings. The monoisotopic (exact) mass is 1470 g/mol. The predicted octanol–water partition coefficient (Wildman–Crippen LogP) is -4.52. The van der Waals surface area contributed by atoms with E-state index in [1.165, 1.54) is 49.2 Å². The van der Waals surface area contributed by atoms with E-state index in [1.54, 1.807) is 47.8 Å². The summed E-state index contributed by atoms with van der Waals surface area (Å²) in [5, 5.41) is 60.2. The predicted molar refractivity (Wildman–Crippen MR) is 375 cm³/mol. The van der Waals surface area contributed by atoms with E-state index < -0.39 is 206 Å². The number of nitrogens with two attached hydrogens (primary N) is 3. The van der Waals surface area contributed by atoms with E-state index in [1.807, 2.05) is 6.26 Å². The minimum absolute atomic E-state index is 0.0197. The number of rotatable bonds is 50. The first-order chi connectivity index (χ1) is 47.4. The van der Waals surface area contributed by atoms with Crippen molar-refractivity contribution in [3.05, 3.63) is 0 Å². The molecule has 1 saturated heterocycles. The Labute approximate surface area is 598 Å². The quantitative estimate of drug-likeness (QED) is 0.0255. The van der Waals surface area contributed by atoms with Crippen molar-refractivity contribution < 1.29 is 92.0 Å². The van der Waals surface area contributed by atoms with Gasteiger partial charge in [0, 0.05) is 26.3 Å². The Morgan fingerprint density at radius 1 is 0.465 bits per heavy atom. The number of amides is 15. The van der Waals surface area contributed by atoms with Gasteiger partial charge in [0.15, 0.2) is 0 Å². The normalized spacial score (nSPS) is 16.1. The number of unbranched alkanes of at least 4 members (excludes halogenated alkanes) is 1. The summed E-state index contributed by atoms with van der Waals surface area (Å²) in [5.41, 5.74) is 16.6. The summed E-state index contributed by atoms with van der Waals surface area (Å²) >= 11 is 2.78. The molecular weight excluding hydrogens is 1360 g/mol. The molecule has 1 aliphatic heterocycles. The first-order valence-electron chi connectivity index (χ1n) is 34.0. The van der Waals surface area contributed by atoms with E-state index in [2.05, 4.69) is 63.8 Å². The van der Waals surface area contributed by atoms with E-state index in [4.69, 9.17) is 17.2 Å². The van der Waals surface area contributed by atoms with Gasteiger partial charge in [-0.3, -0.25) is 76.7 Å². The number of carbonyl (C=O) groups excluding carboxylic acids is 15. The zero-order valence-electron chi connectivity index (χ0n) is 60.0. The topological polar surface area (TPSA) is 559 Å². The highest BCUT2D eigenvalue weighted by Gasteiger charge is 2.39. The molecule has 21 N–H and O–H groups in total. The summed E-state index contributed by atoms with van der Waals surface area (Å²) < 4.78 is 0. The summed E-state index contributed by atoms with van der Waals surface area (Å²) in [6.45, 7) is 12.4. The summed E-state index contributed by atoms with van der Waals surface area (Å²) in [4.78, 5) is 215. The summed E-state index contributed by atoms with van der Waals surface area (Å²) in [6.07, 6.45) is 3.68. The zero-order chi connectivity index (χ0) is 76.8. The Kier molecular flexibility index (Phi) is 43.4. The van der Waals surface area contributed by atoms with E-state index in [0.29, 0.717) is 50.3 Å². The van der Waals surface area contributed by atoms with Crippen molar-refractivity contribution in [2.24, 2.45) is 40.9 Å². The number of likely N-dealkylation sites (tertiary alicyclic amines) is 1. The lowest BCUT2D eigenvalue weighted by molar-refractivity contribution is -0.140. The second-order valence-corrected chi connectivity index (χ2v) is 28.4. The average Bonchev–Trinajstić information content (AvgIpc) is 1.83. The van der Waals surface area contributed by atoms with Crippen molar-refractivity contribution in [3.8, 4) is 0 Å². The van der Waals surface area contributed by atoms with Gasteiger partial charge >= 0.3 is 5.97 Å². The number of carboxylic acid groups (broad SMARTS) is 1. The number of primary amides is 2. The maximum atomic E-state index is 14.2. The van der Waals surface area contributed by atoms with Gasteiger partial charge in [0.05, 0.1) is 19.8 Å². The maximum Gasteiger partial charge on any atom is 0.303 e. The fourth-order valence-corrected chi connectivity index (χ4v) is 11.5. The lowest BCUT2D eigenvalue weighted by atomic mass is 9.99. The summed E-state index contributed by atoms with van der Waals surface area (Å²) in [6, 6.07) is -16.7. The van der Waals surface area contributed by atoms with Crippen molar-refractivity contribution in [1.29, 1.82) is 0 Å². The molecule has 0 spiro atoms. The van der Waals surface area contributed by atoms with Crippen LogP contribution in [0.5, 0.6) is 0 Å². The Morgan fingerprint density at radius 2 is 0.842 bits per heavy atom. The number of hydrogen-bond donors (Lipinski definition) is 18. The van der Waals surface area contributed by atoms with Crippen LogP contribution in [-0.4, -0.2) is 244 Å². The van der Waals surface area contributed by atoms with E-state index in [0.717, 1.165) is 0 Å². The number of hydrogen-bond acceptors (Lipinski definition) is 21. The zero-order valence-corrected chi connectivity index (χ0v) is 61.6. The highest BCUT2D eigenvalue weighted by Crippen LogP contribution is 2.19. The number of nitrogens with zero attached hydrogens (tertiary/aromatic N) is 1. The molecule has 0 bridgehead atoms. The lowest BCUT2D eigenvalue weighted by Gasteiger charge is -2.29. The number of carbonyl (C=O) groups is 16. The van der Waals surface area contributed by atoms with Crippen LogP contribution in [0.15, 0.2) is 0 Å². The lowest BCUT2D eigenvalue weighted by Crippen LogP contribution is -2.61. The van der Waals surface area contributed by atoms with Crippen LogP contribution in [0.1, 0.15) is 152 Å². The van der Waals surface area contributed by atoms with Crippen LogP contribution in [-0.2, 0) is 76.7 Å². The largest absolute Gasteiger partial charge is 0.481 e. The molecule has 0 radical (unpaired) electrons. The number of aliphatic carboxylic acids is 1. The molecule has 12 atom stereocenters. The molecule has 0 aromatic rings. The van der Waals surface area contributed by atoms with Crippen molar-refractivity contribution in [2.75, 3.05) is 56.9 Å². The molecular formula is C64H112N16O19S2. The van der Waals surface area contributed by atoms with Crippen LogP contribution in [0.25, 0.3) is 0 Å². The molecule has 1 rings (SSSR count). The SMILES string of the molecule is CSCC[C@H](NC(=O)[C@H](CCCCN)NC(=O)[C@H](CCSC)NC(=O)[C@H](CO)NC(=O)[C@H](CC(C)C)NC(=O)CNC(=O)[C@@H](NC(=O)[C@H](CO)NC(=O)[C@H](CCC(N)=O)NC(=O)[C@H](CC(C)C)NC(=O)[C@H](CC(C)C)NC(=O)[C@H](CCC(=O)O)NC(=O)[C@@H]1CCCN1C(C)=O)C(C)C)C(N)=O. The molecule has 0 aromatic heterocycles. The third-order valence-corrected chi connectivity index (χ3v) is 17.3. The van der Waals surface area contributed by atoms with Gasteiger partial charge in [0.2, 0.25) is 88.6 Å². The Balaban J connectivity index is 3.31. The number of thioether (sulfide) groups is 2. The Hall–Kier alpha value is -7.90. The second kappa shape index (κ2) is 48.1. The van der Waals surface area contributed by atoms with Gasteiger partial charge in [0.25, 0.3) is 0 Å². The van der Waals surface area contributed by atoms with E-state index in [9.17, 15) is 92.0 Å². The highest BCUT2D eigenvalue weighted by atomic mass is 32.2. The van der Waals surface area contributed by atoms with Gasteiger partial charge in [-0.1, -0.05) is 55.4 Å². The van der Waals surface area contributed by atoms with Gasteiger partial charge in [-0.05, 0) is 131 Å². The second-order valence-electron chi connectivity index (χ2n) is 26.4. The molecule has 1 heterocycles. The van der Waals surface area contributed by atoms with Crippen molar-refractivity contribution in [2.45, 2.75) is 225 Å². The Morgan fingerprint density at radius 3 is 1.25 bits per heavy atom. The van der Waals surface area contributed by atoms with E-state index in [-0.39, 0.29) is 68.6 Å². The molecule has 1 aliphatic rings. The summed E-state index contributed by atoms with van der Waals surface area (Å²) in [7, 11) is 0. The first kappa shape index (κ1) is 91.1. The smallest absolute Gasteiger partial charge is 0.303 e. The standard InChI is InChI=1S/C64H112N16O19S2/c1-33(2)27-43(58(93)78-46(31-81)61(96)73-42(22-26-101-11)57(92)71-39(15-12-13-23-65)54(89)70-38(53(67)88)21-25-100-10)69-50(85)30-68-64(99)52(36(7)8)79-62(97)47(32-82)77-56(91)40(17-19-49(66)84)72-59(94)44(28-34(3)4)76-60(95)45(29-35(5)6)75-55(90)41(18-20-51(86)87)74-63(98)48-16-14-24-80(48)37(9)83/h33-36,38-48,52,81-82H,12-32,65H2,1-11H3,(H2,66,84)(H2,67,88)(H,68,99)(H,69,85)(H,70,89)(H,71,92)(H,72,94)(H,73,96)(H,74,98)(H,75,90)(H,76,95)(H,77,91)(H,78,93)(H,79,97)(H,86,87)/t38-,39-,40-,41-,42-,43-,44-,45-,46-,47-,48-,52-/m0/s1. The minimum atomic E-state index is -1.83. The van der Waals surface area contributed by atoms with Gasteiger partial charge < -0.3 is 101 Å². The fourth-order valence-electron chi connectivity index (χ4n) is 10.6. The molecule has 0 aliphatic carbocycles. The van der Waals surface area contributed by atoms with Crippen LogP contribution in [0.2, 0.25) is 0 Å². The number of nitrogens with one attached hydrogen (secondary N) is 12. The molecule has 37 heteroatoms. The molecule has 0 aromatic carbocycles. The van der Waals surface area contributed by atoms with Crippen LogP contribution >= 0.6 is 23.5 Å². The van der Waals surface area contributed by atoms with Crippen LogP contribution in [0, 0.1) is 23.7 Å². The third-order valence-electron chi connectivity index (χ3n) is 16.0. The van der Waals surface area contributed by atoms with Crippen LogP contribution in [0.3, 0.4) is 0 Å². The average molecular weight is 1470 g/mol. The highest BCUT2D eigenvalue weighted by molar-refractivity contribution is 7.98. The van der Waals surface area contributed by atoms with Crippen LogP contribution < -0.4 is 81.0 Å². The van der Waals surface area contributed by atoms with Crippen molar-refractivity contribution in [3.63, 3.8) is 0 Å². The molecule has 35 nitrogen and oxygen atoms in total. The van der Waals surface area contributed by atoms with Gasteiger partial charge in [0.1, 0.15) is 72.5 Å². The molecule has 0 unspecified atom stereocenters. The fraction of sp³-hybridized carbons (Fsp3) is 0.750. The minimum Gasteiger partial charge on any atom is -0.481 e. The number of carboxylic acids is 1. The van der Waals surface area contributed by atoms with Crippen molar-refractivity contribution in [1.82, 2.24) is 68.7 Å². The Bertz CT molecular complexity index is 2800. The van der Waals surface area contributed by atoms with Crippen LogP contribution in [0.4, 0.5) is 0 Å². The van der Waals surface area contributed by atoms with Gasteiger partial charge in [-0.2, -0.15) is 23.5 Å². The molecule has 15 amide bonds. The van der Waals surface area contributed by atoms with Gasteiger partial charge in [-0.25, -0.2) is 0 Å².